The second-order valence-corrected chi connectivity index (χ2v) is 14.7. The van der Waals surface area contributed by atoms with Crippen molar-refractivity contribution in [2.45, 2.75) is 38.9 Å². The average molecular weight is 628 g/mol. The molecule has 1 aliphatic rings. The van der Waals surface area contributed by atoms with Crippen LogP contribution < -0.4 is 5.46 Å². The SMILES string of the molecule is CC1(C)OB(c2cc(-n3c4ccc(-c5ccccc5)cc4c4cc(-c5ccccc5)ccc43)cc3c2sc2ccccc23)OC1(C)C. The van der Waals surface area contributed by atoms with Gasteiger partial charge in [0.1, 0.15) is 0 Å². The molecule has 1 saturated heterocycles. The van der Waals surface area contributed by atoms with Gasteiger partial charge in [0, 0.05) is 42.1 Å². The van der Waals surface area contributed by atoms with Crippen molar-refractivity contribution in [1.82, 2.24) is 4.57 Å². The Bertz CT molecular complexity index is 2360. The first kappa shape index (κ1) is 28.5. The lowest BCUT2D eigenvalue weighted by molar-refractivity contribution is 0.00578. The van der Waals surface area contributed by atoms with E-state index in [1.807, 2.05) is 11.3 Å². The molecule has 0 bridgehead atoms. The van der Waals surface area contributed by atoms with E-state index in [-0.39, 0.29) is 0 Å². The Morgan fingerprint density at radius 3 is 1.62 bits per heavy atom. The molecule has 0 unspecified atom stereocenters. The van der Waals surface area contributed by atoms with Crippen LogP contribution in [0.1, 0.15) is 27.7 Å². The Kier molecular flexibility index (Phi) is 6.32. The van der Waals surface area contributed by atoms with Crippen LogP contribution in [0.15, 0.2) is 133 Å². The van der Waals surface area contributed by atoms with E-state index in [1.165, 1.54) is 64.2 Å². The summed E-state index contributed by atoms with van der Waals surface area (Å²) >= 11 is 1.82. The van der Waals surface area contributed by atoms with Crippen LogP contribution in [0.4, 0.5) is 0 Å². The molecule has 1 fully saturated rings. The van der Waals surface area contributed by atoms with E-state index in [9.17, 15) is 0 Å². The predicted octanol–water partition coefficient (Wildman–Crippen LogP) is 10.8. The smallest absolute Gasteiger partial charge is 0.399 e. The maximum atomic E-state index is 6.71. The van der Waals surface area contributed by atoms with Gasteiger partial charge >= 0.3 is 7.12 Å². The molecule has 0 saturated carbocycles. The molecular formula is C42H34BNO2S. The molecule has 0 radical (unpaired) electrons. The number of aromatic nitrogens is 1. The summed E-state index contributed by atoms with van der Waals surface area (Å²) in [6, 6.07) is 48.4. The molecular weight excluding hydrogens is 593 g/mol. The van der Waals surface area contributed by atoms with Crippen LogP contribution in [0.2, 0.25) is 0 Å². The van der Waals surface area contributed by atoms with Crippen molar-refractivity contribution in [2.75, 3.05) is 0 Å². The Morgan fingerprint density at radius 1 is 0.511 bits per heavy atom. The highest BCUT2D eigenvalue weighted by Gasteiger charge is 2.52. The maximum absolute atomic E-state index is 6.71. The minimum atomic E-state index is -0.474. The first-order valence-electron chi connectivity index (χ1n) is 16.3. The monoisotopic (exact) mass is 627 g/mol. The van der Waals surface area contributed by atoms with Crippen LogP contribution in [-0.4, -0.2) is 22.9 Å². The maximum Gasteiger partial charge on any atom is 0.496 e. The zero-order valence-electron chi connectivity index (χ0n) is 27.0. The number of benzene rings is 6. The summed E-state index contributed by atoms with van der Waals surface area (Å²) in [5, 5.41) is 4.94. The van der Waals surface area contributed by atoms with E-state index in [4.69, 9.17) is 9.31 Å². The third kappa shape index (κ3) is 4.49. The van der Waals surface area contributed by atoms with E-state index >= 15 is 0 Å². The molecule has 0 N–H and O–H groups in total. The normalized spacial score (nSPS) is 15.8. The fourth-order valence-electron chi connectivity index (χ4n) is 7.03. The lowest BCUT2D eigenvalue weighted by Gasteiger charge is -2.32. The number of nitrogens with zero attached hydrogens (tertiary/aromatic N) is 1. The molecule has 9 rings (SSSR count). The fraction of sp³-hybridized carbons (Fsp3) is 0.143. The summed E-state index contributed by atoms with van der Waals surface area (Å²) in [5.74, 6) is 0. The van der Waals surface area contributed by atoms with Crippen LogP contribution in [0.3, 0.4) is 0 Å². The molecule has 1 aliphatic heterocycles. The highest BCUT2D eigenvalue weighted by Crippen LogP contribution is 2.42. The van der Waals surface area contributed by atoms with E-state index in [0.717, 1.165) is 11.2 Å². The third-order valence-corrected chi connectivity index (χ3v) is 11.5. The Balaban J connectivity index is 1.34. The molecule has 8 aromatic rings. The van der Waals surface area contributed by atoms with Gasteiger partial charge < -0.3 is 13.9 Å². The second-order valence-electron chi connectivity index (χ2n) is 13.6. The van der Waals surface area contributed by atoms with Crippen molar-refractivity contribution in [3.05, 3.63) is 133 Å². The molecule has 6 aromatic carbocycles. The first-order valence-corrected chi connectivity index (χ1v) is 17.1. The standard InChI is InChI=1S/C42H34BNO2S/c1-41(2)42(3,4)46-43(45-41)36-26-31(25-35-32-17-11-12-18-39(32)47-40(35)36)44-37-21-19-29(27-13-7-5-8-14-27)23-33(37)34-24-30(20-22-38(34)44)28-15-9-6-10-16-28/h5-26H,1-4H3. The van der Waals surface area contributed by atoms with Crippen LogP contribution in [0.5, 0.6) is 0 Å². The molecule has 228 valence electrons. The van der Waals surface area contributed by atoms with Crippen molar-refractivity contribution < 1.29 is 9.31 Å². The quantitative estimate of drug-likeness (QED) is 0.181. The average Bonchev–Trinajstić information content (AvgIpc) is 3.70. The molecule has 0 atom stereocenters. The van der Waals surface area contributed by atoms with Crippen molar-refractivity contribution in [3.63, 3.8) is 0 Å². The van der Waals surface area contributed by atoms with E-state index < -0.39 is 18.3 Å². The number of thiophene rings is 1. The van der Waals surface area contributed by atoms with Gasteiger partial charge in [-0.1, -0.05) is 91.0 Å². The second kappa shape index (κ2) is 10.4. The van der Waals surface area contributed by atoms with Crippen molar-refractivity contribution in [2.24, 2.45) is 0 Å². The Labute approximate surface area is 279 Å². The topological polar surface area (TPSA) is 23.4 Å². The molecule has 47 heavy (non-hydrogen) atoms. The summed E-state index contributed by atoms with van der Waals surface area (Å²) < 4.78 is 18.3. The minimum absolute atomic E-state index is 0.439. The third-order valence-electron chi connectivity index (χ3n) is 10.2. The van der Waals surface area contributed by atoms with Crippen LogP contribution in [0.25, 0.3) is 69.9 Å². The molecule has 3 heterocycles. The van der Waals surface area contributed by atoms with Crippen molar-refractivity contribution in [1.29, 1.82) is 0 Å². The zero-order chi connectivity index (χ0) is 31.9. The van der Waals surface area contributed by atoms with Gasteiger partial charge in [-0.05, 0) is 92.4 Å². The predicted molar refractivity (Wildman–Crippen MR) is 200 cm³/mol. The molecule has 0 amide bonds. The summed E-state index contributed by atoms with van der Waals surface area (Å²) in [7, 11) is -0.474. The molecule has 3 nitrogen and oxygen atoms in total. The lowest BCUT2D eigenvalue weighted by Crippen LogP contribution is -2.41. The Hall–Kier alpha value is -4.68. The van der Waals surface area contributed by atoms with Gasteiger partial charge in [0.25, 0.3) is 0 Å². The van der Waals surface area contributed by atoms with Gasteiger partial charge in [-0.15, -0.1) is 11.3 Å². The minimum Gasteiger partial charge on any atom is -0.399 e. The van der Waals surface area contributed by atoms with E-state index in [1.54, 1.807) is 0 Å². The first-order chi connectivity index (χ1) is 22.8. The van der Waals surface area contributed by atoms with Crippen LogP contribution in [-0.2, 0) is 9.31 Å². The highest BCUT2D eigenvalue weighted by atomic mass is 32.1. The van der Waals surface area contributed by atoms with Crippen LogP contribution in [0, 0.1) is 0 Å². The van der Waals surface area contributed by atoms with Crippen LogP contribution >= 0.6 is 11.3 Å². The van der Waals surface area contributed by atoms with Gasteiger partial charge in [0.2, 0.25) is 0 Å². The summed E-state index contributed by atoms with van der Waals surface area (Å²) in [5.41, 5.74) is 8.48. The molecule has 0 aliphatic carbocycles. The van der Waals surface area contributed by atoms with E-state index in [2.05, 4.69) is 166 Å². The molecule has 0 spiro atoms. The van der Waals surface area contributed by atoms with Gasteiger partial charge in [-0.3, -0.25) is 0 Å². The fourth-order valence-corrected chi connectivity index (χ4v) is 8.24. The largest absolute Gasteiger partial charge is 0.496 e. The Morgan fingerprint density at radius 2 is 1.04 bits per heavy atom. The van der Waals surface area contributed by atoms with Gasteiger partial charge in [-0.25, -0.2) is 0 Å². The lowest BCUT2D eigenvalue weighted by atomic mass is 9.78. The number of hydrogen-bond acceptors (Lipinski definition) is 3. The van der Waals surface area contributed by atoms with Gasteiger partial charge in [0.05, 0.1) is 22.2 Å². The van der Waals surface area contributed by atoms with Crippen molar-refractivity contribution in [3.8, 4) is 27.9 Å². The number of hydrogen-bond donors (Lipinski definition) is 0. The molecule has 2 aromatic heterocycles. The summed E-state index contributed by atoms with van der Waals surface area (Å²) in [6.45, 7) is 8.50. The number of fused-ring (bicyclic) bond motifs is 6. The summed E-state index contributed by atoms with van der Waals surface area (Å²) in [4.78, 5) is 0. The molecule has 5 heteroatoms. The van der Waals surface area contributed by atoms with Gasteiger partial charge in [0.15, 0.2) is 0 Å². The zero-order valence-corrected chi connectivity index (χ0v) is 27.8. The van der Waals surface area contributed by atoms with Gasteiger partial charge in [-0.2, -0.15) is 0 Å². The summed E-state index contributed by atoms with van der Waals surface area (Å²) in [6.07, 6.45) is 0. The van der Waals surface area contributed by atoms with E-state index in [0.29, 0.717) is 0 Å². The number of rotatable bonds is 4. The highest BCUT2D eigenvalue weighted by molar-refractivity contribution is 7.27. The van der Waals surface area contributed by atoms with Crippen molar-refractivity contribution >= 4 is 65.9 Å².